The van der Waals surface area contributed by atoms with Crippen LogP contribution in [0.1, 0.15) is 34.8 Å². The number of ether oxygens (including phenoxy) is 1. The molecule has 8 nitrogen and oxygen atoms in total. The van der Waals surface area contributed by atoms with Crippen LogP contribution < -0.4 is 15.6 Å². The quantitative estimate of drug-likeness (QED) is 0.265. The molecular weight excluding hydrogens is 573 g/mol. The van der Waals surface area contributed by atoms with E-state index in [4.69, 9.17) is 27.9 Å². The highest BCUT2D eigenvalue weighted by molar-refractivity contribution is 6.42. The van der Waals surface area contributed by atoms with Crippen LogP contribution in [0.4, 0.5) is 11.4 Å². The highest BCUT2D eigenvalue weighted by Gasteiger charge is 2.22. The SMILES string of the molecule is CCN1CCN(C(=O)c2cccc(Nc3c(Oc4ccc5c(c4)CCC5)cnn(-c4ccc(Cl)c(Cl)c4)c3=O)c2)CC1. The van der Waals surface area contributed by atoms with E-state index in [0.717, 1.165) is 38.9 Å². The van der Waals surface area contributed by atoms with Crippen molar-refractivity contribution in [1.29, 1.82) is 0 Å². The number of carbonyl (C=O) groups is 1. The number of fused-ring (bicyclic) bond motifs is 1. The summed E-state index contributed by atoms with van der Waals surface area (Å²) in [5, 5.41) is 8.29. The second-order valence-corrected chi connectivity index (χ2v) is 11.3. The maximum absolute atomic E-state index is 13.9. The average Bonchev–Trinajstić information content (AvgIpc) is 3.48. The summed E-state index contributed by atoms with van der Waals surface area (Å²) in [6, 6.07) is 18.1. The zero-order chi connectivity index (χ0) is 29.2. The number of nitrogens with zero attached hydrogens (tertiary/aromatic N) is 4. The third-order valence-corrected chi connectivity index (χ3v) is 8.61. The number of nitrogens with one attached hydrogen (secondary N) is 1. The molecule has 0 spiro atoms. The second-order valence-electron chi connectivity index (χ2n) is 10.5. The first-order valence-corrected chi connectivity index (χ1v) is 14.9. The van der Waals surface area contributed by atoms with Crippen LogP contribution in [-0.2, 0) is 12.8 Å². The van der Waals surface area contributed by atoms with Crippen molar-refractivity contribution in [3.8, 4) is 17.2 Å². The van der Waals surface area contributed by atoms with E-state index in [9.17, 15) is 9.59 Å². The van der Waals surface area contributed by atoms with Crippen molar-refractivity contribution < 1.29 is 9.53 Å². The van der Waals surface area contributed by atoms with E-state index >= 15 is 0 Å². The van der Waals surface area contributed by atoms with Gasteiger partial charge in [-0.1, -0.05) is 42.3 Å². The van der Waals surface area contributed by atoms with Crippen LogP contribution in [0.5, 0.6) is 11.5 Å². The molecule has 0 unspecified atom stereocenters. The number of likely N-dealkylation sites (N-methyl/N-ethyl adjacent to an activating group) is 1. The van der Waals surface area contributed by atoms with E-state index in [1.165, 1.54) is 22.0 Å². The first kappa shape index (κ1) is 28.3. The number of hydrogen-bond acceptors (Lipinski definition) is 6. The van der Waals surface area contributed by atoms with E-state index in [2.05, 4.69) is 28.3 Å². The standard InChI is InChI=1S/C32H31Cl2N5O3/c1-2-37-13-15-38(16-14-37)31(40)23-7-4-8-24(17-23)36-30-29(42-26-11-9-21-5-3-6-22(21)18-26)20-35-39(32(30)41)25-10-12-27(33)28(34)19-25/h4,7-12,17-20,36H,2-3,5-6,13-16H2,1H3. The number of amides is 1. The molecule has 4 aromatic rings. The Balaban J connectivity index is 1.34. The largest absolute Gasteiger partial charge is 0.453 e. The highest BCUT2D eigenvalue weighted by atomic mass is 35.5. The molecule has 0 bridgehead atoms. The molecule has 0 saturated carbocycles. The Hall–Kier alpha value is -3.85. The summed E-state index contributed by atoms with van der Waals surface area (Å²) in [5.74, 6) is 0.857. The van der Waals surface area contributed by atoms with E-state index in [1.54, 1.807) is 36.4 Å². The number of carbonyl (C=O) groups excluding carboxylic acids is 1. The van der Waals surface area contributed by atoms with E-state index in [-0.39, 0.29) is 17.3 Å². The molecule has 2 aliphatic rings. The number of benzene rings is 3. The Morgan fingerprint density at radius 1 is 0.952 bits per heavy atom. The molecule has 1 fully saturated rings. The van der Waals surface area contributed by atoms with Gasteiger partial charge in [-0.05, 0) is 85.5 Å². The van der Waals surface area contributed by atoms with Crippen LogP contribution in [0.15, 0.2) is 71.7 Å². The van der Waals surface area contributed by atoms with Gasteiger partial charge in [0.1, 0.15) is 5.75 Å². The van der Waals surface area contributed by atoms with Crippen molar-refractivity contribution in [2.24, 2.45) is 0 Å². The molecule has 1 amide bonds. The lowest BCUT2D eigenvalue weighted by Gasteiger charge is -2.34. The van der Waals surface area contributed by atoms with Gasteiger partial charge in [-0.2, -0.15) is 9.78 Å². The number of halogens is 2. The topological polar surface area (TPSA) is 79.7 Å². The third kappa shape index (κ3) is 5.88. The Bertz CT molecular complexity index is 1700. The first-order valence-electron chi connectivity index (χ1n) is 14.2. The average molecular weight is 605 g/mol. The molecule has 2 heterocycles. The van der Waals surface area contributed by atoms with Gasteiger partial charge in [0.05, 0.1) is 21.9 Å². The molecule has 0 radical (unpaired) electrons. The molecule has 42 heavy (non-hydrogen) atoms. The zero-order valence-electron chi connectivity index (χ0n) is 23.3. The fourth-order valence-electron chi connectivity index (χ4n) is 5.49. The molecule has 1 saturated heterocycles. The summed E-state index contributed by atoms with van der Waals surface area (Å²) in [5.41, 5.74) is 3.89. The van der Waals surface area contributed by atoms with E-state index in [0.29, 0.717) is 45.8 Å². The second kappa shape index (κ2) is 12.2. The highest BCUT2D eigenvalue weighted by Crippen LogP contribution is 2.33. The molecule has 1 aliphatic heterocycles. The van der Waals surface area contributed by atoms with Gasteiger partial charge in [-0.3, -0.25) is 9.59 Å². The maximum atomic E-state index is 13.9. The summed E-state index contributed by atoms with van der Waals surface area (Å²) in [4.78, 5) is 31.4. The van der Waals surface area contributed by atoms with Gasteiger partial charge in [0.2, 0.25) is 0 Å². The normalized spacial score (nSPS) is 15.0. The predicted molar refractivity (Wildman–Crippen MR) is 166 cm³/mol. The Labute approximate surface area is 254 Å². The van der Waals surface area contributed by atoms with Crippen LogP contribution in [-0.4, -0.2) is 58.2 Å². The van der Waals surface area contributed by atoms with E-state index < -0.39 is 5.56 Å². The van der Waals surface area contributed by atoms with Gasteiger partial charge in [0.25, 0.3) is 11.5 Å². The Kier molecular flexibility index (Phi) is 8.20. The summed E-state index contributed by atoms with van der Waals surface area (Å²) < 4.78 is 7.49. The number of hydrogen-bond donors (Lipinski definition) is 1. The minimum atomic E-state index is -0.445. The molecule has 1 aliphatic carbocycles. The number of anilines is 2. The van der Waals surface area contributed by atoms with Crippen molar-refractivity contribution in [3.05, 3.63) is 104 Å². The number of aromatic nitrogens is 2. The smallest absolute Gasteiger partial charge is 0.299 e. The van der Waals surface area contributed by atoms with Crippen LogP contribution in [0.2, 0.25) is 10.0 Å². The first-order chi connectivity index (χ1) is 20.4. The lowest BCUT2D eigenvalue weighted by molar-refractivity contribution is 0.0643. The number of rotatable bonds is 7. The lowest BCUT2D eigenvalue weighted by atomic mass is 10.1. The molecule has 216 valence electrons. The summed E-state index contributed by atoms with van der Waals surface area (Å²) in [7, 11) is 0. The molecular formula is C32H31Cl2N5O3. The zero-order valence-corrected chi connectivity index (χ0v) is 24.8. The molecule has 10 heteroatoms. The fourth-order valence-corrected chi connectivity index (χ4v) is 5.79. The Morgan fingerprint density at radius 3 is 2.55 bits per heavy atom. The molecule has 0 atom stereocenters. The minimum absolute atomic E-state index is 0.0352. The van der Waals surface area contributed by atoms with Gasteiger partial charge >= 0.3 is 0 Å². The minimum Gasteiger partial charge on any atom is -0.453 e. The molecule has 3 aromatic carbocycles. The van der Waals surface area contributed by atoms with Gasteiger partial charge in [-0.15, -0.1) is 0 Å². The van der Waals surface area contributed by atoms with Crippen molar-refractivity contribution in [2.45, 2.75) is 26.2 Å². The van der Waals surface area contributed by atoms with Crippen molar-refractivity contribution in [1.82, 2.24) is 19.6 Å². The van der Waals surface area contributed by atoms with Gasteiger partial charge in [0.15, 0.2) is 11.4 Å². The van der Waals surface area contributed by atoms with Crippen LogP contribution in [0.25, 0.3) is 5.69 Å². The fraction of sp³-hybridized carbons (Fsp3) is 0.281. The monoisotopic (exact) mass is 603 g/mol. The molecule has 1 N–H and O–H groups in total. The van der Waals surface area contributed by atoms with Gasteiger partial charge in [0, 0.05) is 37.4 Å². The van der Waals surface area contributed by atoms with E-state index in [1.807, 2.05) is 23.1 Å². The molecule has 1 aromatic heterocycles. The Morgan fingerprint density at radius 2 is 1.76 bits per heavy atom. The summed E-state index contributed by atoms with van der Waals surface area (Å²) in [6.45, 7) is 6.18. The van der Waals surface area contributed by atoms with Crippen molar-refractivity contribution in [3.63, 3.8) is 0 Å². The predicted octanol–water partition coefficient (Wildman–Crippen LogP) is 6.34. The summed E-state index contributed by atoms with van der Waals surface area (Å²) in [6.07, 6.45) is 4.69. The summed E-state index contributed by atoms with van der Waals surface area (Å²) >= 11 is 12.4. The lowest BCUT2D eigenvalue weighted by Crippen LogP contribution is -2.48. The van der Waals surface area contributed by atoms with Crippen molar-refractivity contribution >= 4 is 40.5 Å². The van der Waals surface area contributed by atoms with Crippen molar-refractivity contribution in [2.75, 3.05) is 38.0 Å². The van der Waals surface area contributed by atoms with Crippen LogP contribution in [0, 0.1) is 0 Å². The third-order valence-electron chi connectivity index (χ3n) is 7.87. The maximum Gasteiger partial charge on any atom is 0.299 e. The van der Waals surface area contributed by atoms with Gasteiger partial charge in [-0.25, -0.2) is 0 Å². The number of piperazine rings is 1. The number of aryl methyl sites for hydroxylation is 2. The molecule has 6 rings (SSSR count). The van der Waals surface area contributed by atoms with Gasteiger partial charge < -0.3 is 19.9 Å². The van der Waals surface area contributed by atoms with Crippen LogP contribution in [0.3, 0.4) is 0 Å². The van der Waals surface area contributed by atoms with Crippen LogP contribution >= 0.6 is 23.2 Å².